The van der Waals surface area contributed by atoms with Gasteiger partial charge in [-0.1, -0.05) is 6.07 Å². The van der Waals surface area contributed by atoms with Crippen LogP contribution in [0.4, 0.5) is 0 Å². The molecule has 3 rings (SSSR count). The lowest BCUT2D eigenvalue weighted by Gasteiger charge is -2.34. The third-order valence-corrected chi connectivity index (χ3v) is 5.21. The van der Waals surface area contributed by atoms with Gasteiger partial charge in [-0.05, 0) is 34.5 Å². The van der Waals surface area contributed by atoms with Crippen molar-refractivity contribution in [3.8, 4) is 0 Å². The largest absolute Gasteiger partial charge is 0.340 e. The molecule has 0 atom stereocenters. The van der Waals surface area contributed by atoms with E-state index in [1.165, 1.54) is 5.56 Å². The molecule has 128 valence electrons. The van der Waals surface area contributed by atoms with Gasteiger partial charge in [0.25, 0.3) is 0 Å². The standard InChI is InChI=1S/C17H22BrN5O/c1-14-16(18)12-20-23(14)6-4-17(24)22-9-7-21(8-10-22)13-15-3-2-5-19-11-15/h2-3,5,11-12H,4,6-10,13H2,1H3. The highest BCUT2D eigenvalue weighted by Crippen LogP contribution is 2.15. The average Bonchev–Trinajstić information content (AvgIpc) is 2.93. The van der Waals surface area contributed by atoms with Gasteiger partial charge in [-0.25, -0.2) is 0 Å². The molecule has 1 aliphatic rings. The number of carbonyl (C=O) groups excluding carboxylic acids is 1. The molecule has 1 fully saturated rings. The average molecular weight is 392 g/mol. The molecule has 0 unspecified atom stereocenters. The van der Waals surface area contributed by atoms with Crippen LogP contribution in [0, 0.1) is 6.92 Å². The normalized spacial score (nSPS) is 15.7. The fourth-order valence-electron chi connectivity index (χ4n) is 2.91. The summed E-state index contributed by atoms with van der Waals surface area (Å²) >= 11 is 3.44. The topological polar surface area (TPSA) is 54.3 Å². The van der Waals surface area contributed by atoms with Gasteiger partial charge in [0.1, 0.15) is 0 Å². The Morgan fingerprint density at radius 1 is 1.25 bits per heavy atom. The number of nitrogens with zero attached hydrogens (tertiary/aromatic N) is 5. The van der Waals surface area contributed by atoms with Gasteiger partial charge in [0.05, 0.1) is 10.7 Å². The Kier molecular flexibility index (Phi) is 5.63. The maximum atomic E-state index is 12.4. The van der Waals surface area contributed by atoms with Gasteiger partial charge in [-0.2, -0.15) is 5.10 Å². The Bertz CT molecular complexity index is 680. The minimum absolute atomic E-state index is 0.210. The van der Waals surface area contributed by atoms with Crippen LogP contribution in [0.2, 0.25) is 0 Å². The second-order valence-electron chi connectivity index (χ2n) is 6.07. The second-order valence-corrected chi connectivity index (χ2v) is 6.92. The minimum Gasteiger partial charge on any atom is -0.340 e. The van der Waals surface area contributed by atoms with Crippen LogP contribution in [0.5, 0.6) is 0 Å². The van der Waals surface area contributed by atoms with Crippen molar-refractivity contribution in [2.75, 3.05) is 26.2 Å². The SMILES string of the molecule is Cc1c(Br)cnn1CCC(=O)N1CCN(Cc2cccnc2)CC1. The van der Waals surface area contributed by atoms with Crippen molar-refractivity contribution in [2.45, 2.75) is 26.4 Å². The summed E-state index contributed by atoms with van der Waals surface area (Å²) in [5.74, 6) is 0.210. The number of piperazine rings is 1. The van der Waals surface area contributed by atoms with E-state index in [1.54, 1.807) is 12.4 Å². The van der Waals surface area contributed by atoms with Crippen molar-refractivity contribution >= 4 is 21.8 Å². The molecule has 0 aromatic carbocycles. The molecule has 6 nitrogen and oxygen atoms in total. The lowest BCUT2D eigenvalue weighted by Crippen LogP contribution is -2.48. The molecule has 24 heavy (non-hydrogen) atoms. The molecular weight excluding hydrogens is 370 g/mol. The first kappa shape index (κ1) is 17.1. The van der Waals surface area contributed by atoms with E-state index in [4.69, 9.17) is 0 Å². The number of halogens is 1. The first-order valence-electron chi connectivity index (χ1n) is 8.20. The van der Waals surface area contributed by atoms with Crippen LogP contribution in [0.15, 0.2) is 35.2 Å². The van der Waals surface area contributed by atoms with Crippen molar-refractivity contribution in [1.82, 2.24) is 24.6 Å². The van der Waals surface area contributed by atoms with Gasteiger partial charge in [0.2, 0.25) is 5.91 Å². The number of aromatic nitrogens is 3. The highest BCUT2D eigenvalue weighted by Gasteiger charge is 2.21. The van der Waals surface area contributed by atoms with E-state index in [0.29, 0.717) is 13.0 Å². The number of hydrogen-bond acceptors (Lipinski definition) is 4. The summed E-state index contributed by atoms with van der Waals surface area (Å²) in [5.41, 5.74) is 2.28. The Morgan fingerprint density at radius 3 is 2.67 bits per heavy atom. The van der Waals surface area contributed by atoms with Crippen molar-refractivity contribution < 1.29 is 4.79 Å². The molecule has 0 radical (unpaired) electrons. The summed E-state index contributed by atoms with van der Waals surface area (Å²) < 4.78 is 2.86. The predicted molar refractivity (Wildman–Crippen MR) is 95.4 cm³/mol. The Morgan fingerprint density at radius 2 is 2.04 bits per heavy atom. The van der Waals surface area contributed by atoms with E-state index in [9.17, 15) is 4.79 Å². The fourth-order valence-corrected chi connectivity index (χ4v) is 3.21. The quantitative estimate of drug-likeness (QED) is 0.782. The maximum absolute atomic E-state index is 12.4. The van der Waals surface area contributed by atoms with Crippen LogP contribution in [-0.2, 0) is 17.9 Å². The molecule has 1 amide bonds. The molecule has 0 N–H and O–H groups in total. The van der Waals surface area contributed by atoms with Crippen LogP contribution in [0.1, 0.15) is 17.7 Å². The van der Waals surface area contributed by atoms with Crippen LogP contribution in [0.25, 0.3) is 0 Å². The third kappa shape index (κ3) is 4.21. The monoisotopic (exact) mass is 391 g/mol. The van der Waals surface area contributed by atoms with Crippen LogP contribution >= 0.6 is 15.9 Å². The van der Waals surface area contributed by atoms with Gasteiger partial charge < -0.3 is 4.90 Å². The first-order chi connectivity index (χ1) is 11.6. The molecular formula is C17H22BrN5O. The van der Waals surface area contributed by atoms with E-state index >= 15 is 0 Å². The summed E-state index contributed by atoms with van der Waals surface area (Å²) in [5, 5.41) is 4.28. The van der Waals surface area contributed by atoms with Gasteiger partial charge in [0.15, 0.2) is 0 Å². The summed E-state index contributed by atoms with van der Waals surface area (Å²) in [4.78, 5) is 20.9. The van der Waals surface area contributed by atoms with Crippen LogP contribution < -0.4 is 0 Å². The summed E-state index contributed by atoms with van der Waals surface area (Å²) in [7, 11) is 0. The summed E-state index contributed by atoms with van der Waals surface area (Å²) in [6.45, 7) is 6.93. The first-order valence-corrected chi connectivity index (χ1v) is 9.00. The summed E-state index contributed by atoms with van der Waals surface area (Å²) in [6.07, 6.45) is 5.97. The van der Waals surface area contributed by atoms with Gasteiger partial charge >= 0.3 is 0 Å². The van der Waals surface area contributed by atoms with Gasteiger partial charge in [-0.15, -0.1) is 0 Å². The zero-order valence-electron chi connectivity index (χ0n) is 13.9. The van der Waals surface area contributed by atoms with Crippen molar-refractivity contribution in [3.63, 3.8) is 0 Å². The number of amides is 1. The molecule has 0 saturated carbocycles. The van der Waals surface area contributed by atoms with E-state index < -0.39 is 0 Å². The van der Waals surface area contributed by atoms with Crippen LogP contribution in [-0.4, -0.2) is 56.7 Å². The minimum atomic E-state index is 0.210. The van der Waals surface area contributed by atoms with Crippen molar-refractivity contribution in [2.24, 2.45) is 0 Å². The number of aryl methyl sites for hydroxylation is 1. The zero-order chi connectivity index (χ0) is 16.9. The van der Waals surface area contributed by atoms with Crippen molar-refractivity contribution in [1.29, 1.82) is 0 Å². The molecule has 1 aliphatic heterocycles. The highest BCUT2D eigenvalue weighted by atomic mass is 79.9. The molecule has 0 aliphatic carbocycles. The molecule has 0 spiro atoms. The maximum Gasteiger partial charge on any atom is 0.224 e. The van der Waals surface area contributed by atoms with E-state index in [0.717, 1.165) is 42.9 Å². The van der Waals surface area contributed by atoms with E-state index in [-0.39, 0.29) is 5.91 Å². The van der Waals surface area contributed by atoms with E-state index in [2.05, 4.69) is 37.0 Å². The van der Waals surface area contributed by atoms with Crippen molar-refractivity contribution in [3.05, 3.63) is 46.5 Å². The van der Waals surface area contributed by atoms with Crippen LogP contribution in [0.3, 0.4) is 0 Å². The number of rotatable bonds is 5. The highest BCUT2D eigenvalue weighted by molar-refractivity contribution is 9.10. The Labute approximate surface area is 150 Å². The third-order valence-electron chi connectivity index (χ3n) is 4.43. The molecule has 1 saturated heterocycles. The molecule has 3 heterocycles. The molecule has 2 aromatic heterocycles. The second kappa shape index (κ2) is 7.90. The summed E-state index contributed by atoms with van der Waals surface area (Å²) in [6, 6.07) is 4.06. The predicted octanol–water partition coefficient (Wildman–Crippen LogP) is 2.08. The lowest BCUT2D eigenvalue weighted by atomic mass is 10.2. The van der Waals surface area contributed by atoms with E-state index in [1.807, 2.05) is 28.8 Å². The lowest BCUT2D eigenvalue weighted by molar-refractivity contribution is -0.133. The zero-order valence-corrected chi connectivity index (χ0v) is 15.4. The Hall–Kier alpha value is -1.73. The van der Waals surface area contributed by atoms with Gasteiger partial charge in [-0.3, -0.25) is 19.4 Å². The number of pyridine rings is 1. The molecule has 2 aromatic rings. The molecule has 7 heteroatoms. The van der Waals surface area contributed by atoms with Gasteiger partial charge in [0, 0.05) is 63.8 Å². The Balaban J connectivity index is 1.44. The molecule has 0 bridgehead atoms. The smallest absolute Gasteiger partial charge is 0.224 e. The number of hydrogen-bond donors (Lipinski definition) is 0. The number of carbonyl (C=O) groups is 1. The fraction of sp³-hybridized carbons (Fsp3) is 0.471.